The third-order valence-corrected chi connectivity index (χ3v) is 4.84. The number of hydrogen-bond donors (Lipinski definition) is 2. The molecule has 1 unspecified atom stereocenters. The van der Waals surface area contributed by atoms with E-state index in [1.807, 2.05) is 36.4 Å². The summed E-state index contributed by atoms with van der Waals surface area (Å²) in [6, 6.07) is 16.0. The van der Waals surface area contributed by atoms with Gasteiger partial charge >= 0.3 is 5.97 Å². The molecule has 2 rings (SSSR count). The van der Waals surface area contributed by atoms with Crippen LogP contribution in [0.4, 0.5) is 0 Å². The third-order valence-electron chi connectivity index (χ3n) is 3.61. The van der Waals surface area contributed by atoms with Crippen LogP contribution in [0.5, 0.6) is 0 Å². The number of benzene rings is 2. The maximum absolute atomic E-state index is 10.9. The lowest BCUT2D eigenvalue weighted by molar-refractivity contribution is -0.137. The molecule has 3 nitrogen and oxygen atoms in total. The molecule has 5 heteroatoms. The fraction of sp³-hybridized carbons (Fsp3) is 0.278. The van der Waals surface area contributed by atoms with Gasteiger partial charge in [0.25, 0.3) is 0 Å². The lowest BCUT2D eigenvalue weighted by atomic mass is 10.0. The molecule has 0 saturated carbocycles. The smallest absolute Gasteiger partial charge is 0.303 e. The minimum absolute atomic E-state index is 0.107. The van der Waals surface area contributed by atoms with Gasteiger partial charge in [0.05, 0.1) is 5.02 Å². The zero-order valence-electron chi connectivity index (χ0n) is 12.6. The SMILES string of the molecule is O=C(O)CCC(Cc1ccccc1)NCc1ccc(Br)c(Cl)c1. The van der Waals surface area contributed by atoms with E-state index in [1.165, 1.54) is 5.56 Å². The monoisotopic (exact) mass is 395 g/mol. The summed E-state index contributed by atoms with van der Waals surface area (Å²) in [7, 11) is 0. The lowest BCUT2D eigenvalue weighted by Gasteiger charge is -2.18. The summed E-state index contributed by atoms with van der Waals surface area (Å²) in [5, 5.41) is 13.1. The summed E-state index contributed by atoms with van der Waals surface area (Å²) < 4.78 is 0.870. The van der Waals surface area contributed by atoms with Crippen molar-refractivity contribution in [3.63, 3.8) is 0 Å². The van der Waals surface area contributed by atoms with Crippen LogP contribution < -0.4 is 5.32 Å². The van der Waals surface area contributed by atoms with Crippen molar-refractivity contribution in [2.24, 2.45) is 0 Å². The van der Waals surface area contributed by atoms with E-state index < -0.39 is 5.97 Å². The van der Waals surface area contributed by atoms with Crippen LogP contribution in [-0.4, -0.2) is 17.1 Å². The van der Waals surface area contributed by atoms with E-state index >= 15 is 0 Å². The molecule has 2 aromatic rings. The molecule has 0 aliphatic carbocycles. The van der Waals surface area contributed by atoms with Gasteiger partial charge in [0.1, 0.15) is 0 Å². The molecule has 2 aromatic carbocycles. The van der Waals surface area contributed by atoms with Gasteiger partial charge in [-0.15, -0.1) is 0 Å². The molecule has 122 valence electrons. The average Bonchev–Trinajstić information content (AvgIpc) is 2.54. The van der Waals surface area contributed by atoms with Gasteiger partial charge < -0.3 is 10.4 Å². The number of aliphatic carboxylic acids is 1. The summed E-state index contributed by atoms with van der Waals surface area (Å²) in [5.41, 5.74) is 2.27. The van der Waals surface area contributed by atoms with Crippen LogP contribution in [0.2, 0.25) is 5.02 Å². The van der Waals surface area contributed by atoms with Gasteiger partial charge in [0.15, 0.2) is 0 Å². The molecular weight excluding hydrogens is 378 g/mol. The second-order valence-electron chi connectivity index (χ2n) is 5.45. The summed E-state index contributed by atoms with van der Waals surface area (Å²) in [6.45, 7) is 0.657. The molecule has 2 N–H and O–H groups in total. The minimum Gasteiger partial charge on any atom is -0.481 e. The maximum Gasteiger partial charge on any atom is 0.303 e. The number of carboxylic acids is 1. The van der Waals surface area contributed by atoms with Crippen molar-refractivity contribution in [1.82, 2.24) is 5.32 Å². The van der Waals surface area contributed by atoms with Crippen LogP contribution in [0.3, 0.4) is 0 Å². The first-order valence-electron chi connectivity index (χ1n) is 7.47. The van der Waals surface area contributed by atoms with Gasteiger partial charge in [-0.25, -0.2) is 0 Å². The zero-order valence-corrected chi connectivity index (χ0v) is 15.0. The highest BCUT2D eigenvalue weighted by Gasteiger charge is 2.12. The van der Waals surface area contributed by atoms with E-state index in [2.05, 4.69) is 33.4 Å². The molecule has 0 saturated heterocycles. The van der Waals surface area contributed by atoms with E-state index in [4.69, 9.17) is 16.7 Å². The van der Waals surface area contributed by atoms with Crippen LogP contribution in [0, 0.1) is 0 Å². The van der Waals surface area contributed by atoms with Gasteiger partial charge in [-0.2, -0.15) is 0 Å². The number of carboxylic acid groups (broad SMARTS) is 1. The second kappa shape index (κ2) is 9.06. The van der Waals surface area contributed by atoms with E-state index in [0.29, 0.717) is 18.0 Å². The molecule has 0 bridgehead atoms. The van der Waals surface area contributed by atoms with Crippen molar-refractivity contribution in [1.29, 1.82) is 0 Å². The molecule has 0 aliphatic heterocycles. The molecule has 23 heavy (non-hydrogen) atoms. The van der Waals surface area contributed by atoms with Gasteiger partial charge in [-0.05, 0) is 52.0 Å². The molecule has 0 amide bonds. The van der Waals surface area contributed by atoms with Gasteiger partial charge in [0.2, 0.25) is 0 Å². The molecule has 0 radical (unpaired) electrons. The van der Waals surface area contributed by atoms with E-state index in [0.717, 1.165) is 16.5 Å². The van der Waals surface area contributed by atoms with E-state index in [9.17, 15) is 4.79 Å². The quantitative estimate of drug-likeness (QED) is 0.682. The van der Waals surface area contributed by atoms with Crippen molar-refractivity contribution >= 4 is 33.5 Å². The average molecular weight is 397 g/mol. The highest BCUT2D eigenvalue weighted by Crippen LogP contribution is 2.23. The Labute approximate surface area is 149 Å². The zero-order chi connectivity index (χ0) is 16.7. The van der Waals surface area contributed by atoms with Gasteiger partial charge in [-0.3, -0.25) is 4.79 Å². The van der Waals surface area contributed by atoms with Gasteiger partial charge in [-0.1, -0.05) is 48.0 Å². The largest absolute Gasteiger partial charge is 0.481 e. The van der Waals surface area contributed by atoms with Crippen molar-refractivity contribution in [2.75, 3.05) is 0 Å². The van der Waals surface area contributed by atoms with Gasteiger partial charge in [0, 0.05) is 23.5 Å². The van der Waals surface area contributed by atoms with Crippen LogP contribution in [-0.2, 0) is 17.8 Å². The Bertz CT molecular complexity index is 649. The Morgan fingerprint density at radius 1 is 1.17 bits per heavy atom. The first-order chi connectivity index (χ1) is 11.0. The first kappa shape index (κ1) is 18.0. The number of hydrogen-bond acceptors (Lipinski definition) is 2. The second-order valence-corrected chi connectivity index (χ2v) is 6.71. The first-order valence-corrected chi connectivity index (χ1v) is 8.64. The van der Waals surface area contributed by atoms with Crippen LogP contribution in [0.25, 0.3) is 0 Å². The Balaban J connectivity index is 1.98. The highest BCUT2D eigenvalue weighted by atomic mass is 79.9. The Morgan fingerprint density at radius 2 is 1.91 bits per heavy atom. The van der Waals surface area contributed by atoms with Crippen molar-refractivity contribution in [3.05, 3.63) is 69.2 Å². The third kappa shape index (κ3) is 6.34. The normalized spacial score (nSPS) is 12.1. The molecule has 0 aliphatic rings. The highest BCUT2D eigenvalue weighted by molar-refractivity contribution is 9.10. The standard InChI is InChI=1S/C18H19BrClNO2/c19-16-8-6-14(11-17(16)20)12-21-15(7-9-18(22)23)10-13-4-2-1-3-5-13/h1-6,8,11,15,21H,7,9-10,12H2,(H,22,23). The summed E-state index contributed by atoms with van der Waals surface area (Å²) in [4.78, 5) is 10.9. The van der Waals surface area contributed by atoms with Crippen LogP contribution in [0.1, 0.15) is 24.0 Å². The molecule has 0 spiro atoms. The molecular formula is C18H19BrClNO2. The number of carbonyl (C=O) groups is 1. The Kier molecular flexibility index (Phi) is 7.09. The summed E-state index contributed by atoms with van der Waals surface area (Å²) in [6.07, 6.45) is 1.55. The van der Waals surface area contributed by atoms with Crippen LogP contribution in [0.15, 0.2) is 53.0 Å². The Hall–Kier alpha value is -1.36. The minimum atomic E-state index is -0.767. The maximum atomic E-state index is 10.9. The van der Waals surface area contributed by atoms with Crippen molar-refractivity contribution < 1.29 is 9.90 Å². The van der Waals surface area contributed by atoms with Crippen LogP contribution >= 0.6 is 27.5 Å². The van der Waals surface area contributed by atoms with E-state index in [1.54, 1.807) is 0 Å². The number of rotatable bonds is 8. The number of halogens is 2. The molecule has 0 heterocycles. The Morgan fingerprint density at radius 3 is 2.57 bits per heavy atom. The molecule has 1 atom stereocenters. The fourth-order valence-corrected chi connectivity index (χ4v) is 2.83. The topological polar surface area (TPSA) is 49.3 Å². The lowest BCUT2D eigenvalue weighted by Crippen LogP contribution is -2.31. The fourth-order valence-electron chi connectivity index (χ4n) is 2.38. The predicted molar refractivity (Wildman–Crippen MR) is 96.8 cm³/mol. The predicted octanol–water partition coefficient (Wildman–Crippen LogP) is 4.67. The van der Waals surface area contributed by atoms with Crippen molar-refractivity contribution in [3.8, 4) is 0 Å². The summed E-state index contributed by atoms with van der Waals surface area (Å²) >= 11 is 9.49. The van der Waals surface area contributed by atoms with Crippen molar-refractivity contribution in [2.45, 2.75) is 31.8 Å². The molecule has 0 aromatic heterocycles. The van der Waals surface area contributed by atoms with E-state index in [-0.39, 0.29) is 12.5 Å². The number of nitrogens with one attached hydrogen (secondary N) is 1. The summed E-state index contributed by atoms with van der Waals surface area (Å²) in [5.74, 6) is -0.767. The molecule has 0 fully saturated rings.